The summed E-state index contributed by atoms with van der Waals surface area (Å²) in [6.45, 7) is 0. The van der Waals surface area contributed by atoms with Crippen molar-refractivity contribution in [1.82, 2.24) is 0 Å². The molecule has 0 aliphatic rings. The third kappa shape index (κ3) is 4.73. The van der Waals surface area contributed by atoms with Crippen LogP contribution in [0, 0.1) is 0 Å². The summed E-state index contributed by atoms with van der Waals surface area (Å²) in [7, 11) is 1.70. The summed E-state index contributed by atoms with van der Waals surface area (Å²) in [6, 6.07) is 59.3. The average Bonchev–Trinajstić information content (AvgIpc) is 3.07. The number of hydrogen-bond donors (Lipinski definition) is 0. The Morgan fingerprint density at radius 3 is 1.00 bits per heavy atom. The van der Waals surface area contributed by atoms with Gasteiger partial charge in [0.25, 0.3) is 0 Å². The minimum atomic E-state index is -0.830. The van der Waals surface area contributed by atoms with Crippen molar-refractivity contribution in [1.29, 1.82) is 0 Å². The minimum absolute atomic E-state index is 0.554. The maximum absolute atomic E-state index is 7.65. The second-order valence-corrected chi connectivity index (χ2v) is 10.7. The van der Waals surface area contributed by atoms with Crippen molar-refractivity contribution in [2.24, 2.45) is 0 Å². The lowest BCUT2D eigenvalue weighted by molar-refractivity contribution is 0.414. The van der Waals surface area contributed by atoms with Crippen molar-refractivity contribution in [3.05, 3.63) is 209 Å². The van der Waals surface area contributed by atoms with Gasteiger partial charge in [-0.3, -0.25) is 0 Å². The molecule has 0 atom stereocenters. The number of halogens is 1. The zero-order valence-corrected chi connectivity index (χ0v) is 23.7. The average molecular weight is 551 g/mol. The number of ether oxygens (including phenoxy) is 1. The van der Waals surface area contributed by atoms with Gasteiger partial charge in [-0.2, -0.15) is 0 Å². The number of methoxy groups -OCH3 is 1. The molecule has 6 aromatic carbocycles. The molecule has 200 valence electrons. The van der Waals surface area contributed by atoms with Gasteiger partial charge in [0, 0.05) is 0 Å². The van der Waals surface area contributed by atoms with E-state index in [1.165, 1.54) is 11.1 Å². The van der Waals surface area contributed by atoms with E-state index in [9.17, 15) is 0 Å². The predicted molar refractivity (Wildman–Crippen MR) is 170 cm³/mol. The normalized spacial score (nSPS) is 11.7. The first-order chi connectivity index (χ1) is 20.2. The van der Waals surface area contributed by atoms with Gasteiger partial charge < -0.3 is 4.74 Å². The fourth-order valence-corrected chi connectivity index (χ4v) is 6.38. The molecule has 0 unspecified atom stereocenters. The predicted octanol–water partition coefficient (Wildman–Crippen LogP) is 9.61. The largest absolute Gasteiger partial charge is 0.497 e. The Balaban J connectivity index is 1.59. The molecular weight excluding hydrogens is 520 g/mol. The molecule has 0 spiro atoms. The first-order valence-corrected chi connectivity index (χ1v) is 14.2. The van der Waals surface area contributed by atoms with E-state index in [4.69, 9.17) is 16.3 Å². The van der Waals surface area contributed by atoms with E-state index >= 15 is 0 Å². The summed E-state index contributed by atoms with van der Waals surface area (Å²) >= 11 is 7.65. The molecule has 0 N–H and O–H groups in total. The van der Waals surface area contributed by atoms with Crippen LogP contribution in [0.4, 0.5) is 0 Å². The van der Waals surface area contributed by atoms with Gasteiger partial charge in [0.15, 0.2) is 0 Å². The molecule has 6 rings (SSSR count). The summed E-state index contributed by atoms with van der Waals surface area (Å²) in [5, 5.41) is 0. The molecule has 2 heteroatoms. The molecule has 0 aliphatic carbocycles. The van der Waals surface area contributed by atoms with Gasteiger partial charge >= 0.3 is 0 Å². The summed E-state index contributed by atoms with van der Waals surface area (Å²) < 4.78 is 5.52. The Hall–Kier alpha value is -4.59. The molecule has 0 radical (unpaired) electrons. The van der Waals surface area contributed by atoms with Gasteiger partial charge in [-0.15, -0.1) is 11.6 Å². The zero-order valence-electron chi connectivity index (χ0n) is 23.0. The first-order valence-electron chi connectivity index (χ1n) is 13.8. The number of hydrogen-bond acceptors (Lipinski definition) is 1. The van der Waals surface area contributed by atoms with E-state index in [1.807, 2.05) is 48.5 Å². The maximum Gasteiger partial charge on any atom is 0.119 e. The number of alkyl halides is 1. The quantitative estimate of drug-likeness (QED) is 0.135. The van der Waals surface area contributed by atoms with E-state index in [-0.39, 0.29) is 0 Å². The lowest BCUT2D eigenvalue weighted by Crippen LogP contribution is -2.31. The van der Waals surface area contributed by atoms with E-state index in [1.54, 1.807) is 7.11 Å². The van der Waals surface area contributed by atoms with Gasteiger partial charge in [0.05, 0.1) is 12.5 Å². The van der Waals surface area contributed by atoms with Gasteiger partial charge in [-0.1, -0.05) is 158 Å². The maximum atomic E-state index is 7.65. The molecule has 6 aromatic rings. The Morgan fingerprint density at radius 2 is 0.634 bits per heavy atom. The van der Waals surface area contributed by atoms with Gasteiger partial charge in [-0.05, 0) is 51.1 Å². The second kappa shape index (κ2) is 11.5. The highest BCUT2D eigenvalue weighted by Crippen LogP contribution is 2.48. The van der Waals surface area contributed by atoms with Crippen LogP contribution in [-0.4, -0.2) is 7.11 Å². The Labute approximate surface area is 247 Å². The lowest BCUT2D eigenvalue weighted by Gasteiger charge is -2.37. The molecule has 0 saturated heterocycles. The SMILES string of the molecule is COc1ccc(C(c2ccccc2)(c2ccccc2)c2ccc(C(Cl)(c3ccccc3)c3ccccc3)cc2)cc1. The standard InChI is InChI=1S/C39H31ClO/c1-41-37-28-26-33(27-29-37)38(30-14-6-2-7-15-30,31-16-8-3-9-17-31)32-22-24-36(25-23-32)39(40,34-18-10-4-11-19-34)35-20-12-5-13-21-35/h2-29H,1H3. The van der Waals surface area contributed by atoms with E-state index in [0.29, 0.717) is 0 Å². The Kier molecular flexibility index (Phi) is 7.46. The Morgan fingerprint density at radius 1 is 0.366 bits per heavy atom. The molecule has 0 heterocycles. The highest BCUT2D eigenvalue weighted by Gasteiger charge is 2.39. The van der Waals surface area contributed by atoms with Crippen molar-refractivity contribution in [3.8, 4) is 5.75 Å². The lowest BCUT2D eigenvalue weighted by atomic mass is 9.65. The van der Waals surface area contributed by atoms with Crippen molar-refractivity contribution in [3.63, 3.8) is 0 Å². The minimum Gasteiger partial charge on any atom is -0.497 e. The van der Waals surface area contributed by atoms with E-state index in [2.05, 4.69) is 121 Å². The molecular formula is C39H31ClO. The molecule has 0 aromatic heterocycles. The van der Waals surface area contributed by atoms with Crippen LogP contribution < -0.4 is 4.74 Å². The molecule has 0 bridgehead atoms. The van der Waals surface area contributed by atoms with Crippen LogP contribution in [0.2, 0.25) is 0 Å². The Bertz CT molecular complexity index is 1600. The zero-order chi connectivity index (χ0) is 28.1. The number of rotatable bonds is 8. The van der Waals surface area contributed by atoms with Crippen LogP contribution in [0.3, 0.4) is 0 Å². The van der Waals surface area contributed by atoms with Crippen LogP contribution in [-0.2, 0) is 10.3 Å². The van der Waals surface area contributed by atoms with Crippen LogP contribution in [0.15, 0.2) is 170 Å². The summed E-state index contributed by atoms with van der Waals surface area (Å²) in [5.41, 5.74) is 7.23. The van der Waals surface area contributed by atoms with E-state index < -0.39 is 10.3 Å². The molecule has 0 saturated carbocycles. The highest BCUT2D eigenvalue weighted by molar-refractivity contribution is 6.28. The van der Waals surface area contributed by atoms with Gasteiger partial charge in [0.1, 0.15) is 10.6 Å². The van der Waals surface area contributed by atoms with Crippen molar-refractivity contribution in [2.45, 2.75) is 10.3 Å². The van der Waals surface area contributed by atoms with Gasteiger partial charge in [-0.25, -0.2) is 0 Å². The van der Waals surface area contributed by atoms with Crippen LogP contribution in [0.5, 0.6) is 5.75 Å². The number of benzene rings is 6. The monoisotopic (exact) mass is 550 g/mol. The smallest absolute Gasteiger partial charge is 0.119 e. The van der Waals surface area contributed by atoms with Crippen molar-refractivity contribution in [2.75, 3.05) is 7.11 Å². The van der Waals surface area contributed by atoms with Crippen LogP contribution in [0.25, 0.3) is 0 Å². The third-order valence-corrected chi connectivity index (χ3v) is 8.65. The fourth-order valence-electron chi connectivity index (χ4n) is 6.00. The third-order valence-electron chi connectivity index (χ3n) is 8.00. The highest BCUT2D eigenvalue weighted by atomic mass is 35.5. The van der Waals surface area contributed by atoms with Crippen molar-refractivity contribution < 1.29 is 4.74 Å². The van der Waals surface area contributed by atoms with Crippen LogP contribution >= 0.6 is 11.6 Å². The second-order valence-electron chi connectivity index (χ2n) is 10.2. The fraction of sp³-hybridized carbons (Fsp3) is 0.0769. The molecule has 0 amide bonds. The molecule has 0 fully saturated rings. The van der Waals surface area contributed by atoms with E-state index in [0.717, 1.165) is 33.6 Å². The molecule has 0 aliphatic heterocycles. The summed E-state index contributed by atoms with van der Waals surface area (Å²) in [6.07, 6.45) is 0. The summed E-state index contributed by atoms with van der Waals surface area (Å²) in [4.78, 5) is -0.830. The van der Waals surface area contributed by atoms with Gasteiger partial charge in [0.2, 0.25) is 0 Å². The van der Waals surface area contributed by atoms with Crippen molar-refractivity contribution >= 4 is 11.6 Å². The molecule has 1 nitrogen and oxygen atoms in total. The summed E-state index contributed by atoms with van der Waals surface area (Å²) in [5.74, 6) is 0.830. The topological polar surface area (TPSA) is 9.23 Å². The first kappa shape index (κ1) is 26.6. The van der Waals surface area contributed by atoms with Crippen LogP contribution in [0.1, 0.15) is 38.9 Å². The molecule has 41 heavy (non-hydrogen) atoms.